The molecule has 0 aromatic heterocycles. The number of nitrogens with zero attached hydrogens (tertiary/aromatic N) is 1. The third kappa shape index (κ3) is 5.66. The predicted molar refractivity (Wildman–Crippen MR) is 64.1 cm³/mol. The van der Waals surface area contributed by atoms with Gasteiger partial charge in [0.15, 0.2) is 0 Å². The van der Waals surface area contributed by atoms with Gasteiger partial charge in [-0.3, -0.25) is 4.79 Å². The van der Waals surface area contributed by atoms with E-state index < -0.39 is 0 Å². The van der Waals surface area contributed by atoms with Gasteiger partial charge in [0, 0.05) is 5.54 Å². The van der Waals surface area contributed by atoms with Gasteiger partial charge in [0.2, 0.25) is 5.91 Å². The molecule has 0 spiro atoms. The van der Waals surface area contributed by atoms with Crippen LogP contribution in [0.2, 0.25) is 0 Å². The summed E-state index contributed by atoms with van der Waals surface area (Å²) in [6, 6.07) is 1.84. The normalized spacial score (nSPS) is 19.1. The number of nitrogens with two attached hydrogens (primary N) is 1. The van der Waals surface area contributed by atoms with Gasteiger partial charge >= 0.3 is 0 Å². The third-order valence-electron chi connectivity index (χ3n) is 3.09. The first kappa shape index (κ1) is 13.9. The SMILES string of the molecule is N#CCNC(=O)COCC1(N)CCCCCC1. The summed E-state index contributed by atoms with van der Waals surface area (Å²) in [7, 11) is 0. The van der Waals surface area contributed by atoms with Gasteiger partial charge in [-0.1, -0.05) is 25.7 Å². The highest BCUT2D eigenvalue weighted by Crippen LogP contribution is 2.24. The van der Waals surface area contributed by atoms with Crippen molar-refractivity contribution in [1.29, 1.82) is 5.26 Å². The van der Waals surface area contributed by atoms with Gasteiger partial charge in [0.25, 0.3) is 0 Å². The number of amides is 1. The van der Waals surface area contributed by atoms with E-state index in [0.29, 0.717) is 6.61 Å². The van der Waals surface area contributed by atoms with E-state index in [4.69, 9.17) is 15.7 Å². The maximum Gasteiger partial charge on any atom is 0.246 e. The second-order valence-corrected chi connectivity index (χ2v) is 4.70. The van der Waals surface area contributed by atoms with Gasteiger partial charge in [-0.05, 0) is 12.8 Å². The van der Waals surface area contributed by atoms with Crippen molar-refractivity contribution in [3.05, 3.63) is 0 Å². The lowest BCUT2D eigenvalue weighted by Gasteiger charge is -2.27. The lowest BCUT2D eigenvalue weighted by molar-refractivity contribution is -0.126. The highest BCUT2D eigenvalue weighted by Gasteiger charge is 2.26. The van der Waals surface area contributed by atoms with E-state index >= 15 is 0 Å². The molecule has 0 aromatic rings. The molecule has 0 aliphatic heterocycles. The van der Waals surface area contributed by atoms with Crippen LogP contribution in [0, 0.1) is 11.3 Å². The van der Waals surface area contributed by atoms with Crippen LogP contribution in [0.5, 0.6) is 0 Å². The molecule has 96 valence electrons. The molecule has 0 bridgehead atoms. The molecule has 0 saturated heterocycles. The van der Waals surface area contributed by atoms with Gasteiger partial charge in [0.05, 0.1) is 12.7 Å². The topological polar surface area (TPSA) is 88.1 Å². The van der Waals surface area contributed by atoms with Crippen LogP contribution in [0.25, 0.3) is 0 Å². The van der Waals surface area contributed by atoms with Crippen molar-refractivity contribution in [3.8, 4) is 6.07 Å². The summed E-state index contributed by atoms with van der Waals surface area (Å²) in [5.74, 6) is -0.260. The summed E-state index contributed by atoms with van der Waals surface area (Å²) in [6.45, 7) is 0.434. The van der Waals surface area contributed by atoms with Gasteiger partial charge in [-0.25, -0.2) is 0 Å². The Morgan fingerprint density at radius 1 is 1.35 bits per heavy atom. The van der Waals surface area contributed by atoms with Crippen LogP contribution in [-0.2, 0) is 9.53 Å². The second-order valence-electron chi connectivity index (χ2n) is 4.70. The predicted octanol–water partition coefficient (Wildman–Crippen LogP) is 0.694. The molecule has 1 fully saturated rings. The molecule has 3 N–H and O–H groups in total. The average Bonchev–Trinajstić information content (AvgIpc) is 2.52. The molecule has 5 nitrogen and oxygen atoms in total. The molecule has 1 aliphatic rings. The van der Waals surface area contributed by atoms with Crippen molar-refractivity contribution in [3.63, 3.8) is 0 Å². The quantitative estimate of drug-likeness (QED) is 0.546. The van der Waals surface area contributed by atoms with Crippen molar-refractivity contribution in [2.24, 2.45) is 5.73 Å². The molecule has 1 aliphatic carbocycles. The molecule has 0 unspecified atom stereocenters. The van der Waals surface area contributed by atoms with E-state index in [2.05, 4.69) is 5.32 Å². The molecule has 5 heteroatoms. The van der Waals surface area contributed by atoms with Crippen molar-refractivity contribution in [2.75, 3.05) is 19.8 Å². The number of carbonyl (C=O) groups is 1. The standard InChI is InChI=1S/C12H21N3O2/c13-7-8-15-11(16)9-17-10-12(14)5-3-1-2-4-6-12/h1-6,8-10,14H2,(H,15,16). The van der Waals surface area contributed by atoms with E-state index in [1.165, 1.54) is 12.8 Å². The monoisotopic (exact) mass is 239 g/mol. The van der Waals surface area contributed by atoms with Crippen molar-refractivity contribution < 1.29 is 9.53 Å². The minimum atomic E-state index is -0.272. The maximum absolute atomic E-state index is 11.2. The van der Waals surface area contributed by atoms with Crippen LogP contribution >= 0.6 is 0 Å². The Balaban J connectivity index is 2.20. The fourth-order valence-corrected chi connectivity index (χ4v) is 2.11. The largest absolute Gasteiger partial charge is 0.370 e. The Hall–Kier alpha value is -1.12. The molecule has 17 heavy (non-hydrogen) atoms. The van der Waals surface area contributed by atoms with E-state index in [0.717, 1.165) is 25.7 Å². The highest BCUT2D eigenvalue weighted by molar-refractivity contribution is 5.77. The zero-order valence-corrected chi connectivity index (χ0v) is 10.2. The van der Waals surface area contributed by atoms with Gasteiger partial charge in [0.1, 0.15) is 13.2 Å². The van der Waals surface area contributed by atoms with Crippen LogP contribution in [0.15, 0.2) is 0 Å². The number of nitrogens with one attached hydrogen (secondary N) is 1. The Kier molecular flexibility index (Phi) is 5.95. The molecule has 0 atom stereocenters. The lowest BCUT2D eigenvalue weighted by Crippen LogP contribution is -2.44. The van der Waals surface area contributed by atoms with Crippen molar-refractivity contribution in [2.45, 2.75) is 44.1 Å². The maximum atomic E-state index is 11.2. The zero-order valence-electron chi connectivity index (χ0n) is 10.2. The smallest absolute Gasteiger partial charge is 0.246 e. The zero-order chi connectivity index (χ0) is 12.6. The summed E-state index contributed by atoms with van der Waals surface area (Å²) >= 11 is 0. The van der Waals surface area contributed by atoms with Crippen molar-refractivity contribution >= 4 is 5.91 Å². The molecule has 1 amide bonds. The number of hydrogen-bond acceptors (Lipinski definition) is 4. The van der Waals surface area contributed by atoms with E-state index in [-0.39, 0.29) is 24.6 Å². The summed E-state index contributed by atoms with van der Waals surface area (Å²) < 4.78 is 5.34. The molecule has 0 aromatic carbocycles. The minimum absolute atomic E-state index is 0.0133. The first-order valence-corrected chi connectivity index (χ1v) is 6.17. The fourth-order valence-electron chi connectivity index (χ4n) is 2.11. The first-order valence-electron chi connectivity index (χ1n) is 6.17. The van der Waals surface area contributed by atoms with E-state index in [1.54, 1.807) is 0 Å². The average molecular weight is 239 g/mol. The summed E-state index contributed by atoms with van der Waals surface area (Å²) in [5.41, 5.74) is 5.96. The molecule has 0 radical (unpaired) electrons. The Bertz CT molecular complexity index is 278. The number of ether oxygens (including phenoxy) is 1. The van der Waals surface area contributed by atoms with Crippen LogP contribution in [0.1, 0.15) is 38.5 Å². The Morgan fingerprint density at radius 2 is 2.00 bits per heavy atom. The fraction of sp³-hybridized carbons (Fsp3) is 0.833. The highest BCUT2D eigenvalue weighted by atomic mass is 16.5. The summed E-state index contributed by atoms with van der Waals surface area (Å²) in [6.07, 6.45) is 6.68. The summed E-state index contributed by atoms with van der Waals surface area (Å²) in [4.78, 5) is 11.2. The summed E-state index contributed by atoms with van der Waals surface area (Å²) in [5, 5.41) is 10.7. The lowest BCUT2D eigenvalue weighted by atomic mass is 9.93. The number of nitriles is 1. The molecule has 0 heterocycles. The van der Waals surface area contributed by atoms with Crippen LogP contribution in [-0.4, -0.2) is 31.2 Å². The van der Waals surface area contributed by atoms with Gasteiger partial charge < -0.3 is 15.8 Å². The molecular weight excluding hydrogens is 218 g/mol. The van der Waals surface area contributed by atoms with Gasteiger partial charge in [-0.15, -0.1) is 0 Å². The van der Waals surface area contributed by atoms with Crippen LogP contribution in [0.3, 0.4) is 0 Å². The molecule has 1 rings (SSSR count). The molecular formula is C12H21N3O2. The Labute approximate surface area is 102 Å². The van der Waals surface area contributed by atoms with E-state index in [1.807, 2.05) is 6.07 Å². The first-order chi connectivity index (χ1) is 8.16. The van der Waals surface area contributed by atoms with E-state index in [9.17, 15) is 4.79 Å². The number of carbonyl (C=O) groups excluding carboxylic acids is 1. The number of rotatable bonds is 5. The minimum Gasteiger partial charge on any atom is -0.370 e. The third-order valence-corrected chi connectivity index (χ3v) is 3.09. The molecule has 1 saturated carbocycles. The van der Waals surface area contributed by atoms with Crippen molar-refractivity contribution in [1.82, 2.24) is 5.32 Å². The number of hydrogen-bond donors (Lipinski definition) is 2. The van der Waals surface area contributed by atoms with Crippen LogP contribution in [0.4, 0.5) is 0 Å². The van der Waals surface area contributed by atoms with Gasteiger partial charge in [-0.2, -0.15) is 5.26 Å². The Morgan fingerprint density at radius 3 is 2.59 bits per heavy atom. The second kappa shape index (κ2) is 7.25. The van der Waals surface area contributed by atoms with Crippen LogP contribution < -0.4 is 11.1 Å².